The summed E-state index contributed by atoms with van der Waals surface area (Å²) in [6, 6.07) is 58.7. The van der Waals surface area contributed by atoms with Crippen LogP contribution in [0.1, 0.15) is 33.4 Å². The molecular weight excluding hydrogens is 810 g/mol. The second kappa shape index (κ2) is 27.3. The Morgan fingerprint density at radius 3 is 0.581 bits per heavy atom. The molecule has 0 aromatic heterocycles. The van der Waals surface area contributed by atoms with Crippen molar-refractivity contribution in [2.75, 3.05) is 0 Å². The summed E-state index contributed by atoms with van der Waals surface area (Å²) < 4.78 is 57.5. The van der Waals surface area contributed by atoms with Crippen LogP contribution in [-0.2, 0) is 24.5 Å². The molecule has 6 nitrogen and oxygen atoms in total. The zero-order valence-corrected chi connectivity index (χ0v) is 34.1. The normalized spacial score (nSPS) is 11.5. The molecule has 10 heteroatoms. The third-order valence-corrected chi connectivity index (χ3v) is 8.32. The lowest BCUT2D eigenvalue weighted by molar-refractivity contribution is -0.111. The van der Waals surface area contributed by atoms with Crippen LogP contribution in [0.4, 0.5) is 13.2 Å². The van der Waals surface area contributed by atoms with Gasteiger partial charge >= 0.3 is 15.6 Å². The van der Waals surface area contributed by atoms with E-state index in [0.29, 0.717) is 0 Å². The fourth-order valence-electron chi connectivity index (χ4n) is 4.62. The third kappa shape index (κ3) is 22.0. The fraction of sp³-hybridized carbons (Fsp3) is 0.0192. The molecule has 0 saturated carbocycles. The van der Waals surface area contributed by atoms with Crippen LogP contribution in [0.25, 0.3) is 36.5 Å². The fourth-order valence-corrected chi connectivity index (χ4v) is 4.62. The Hall–Kier alpha value is -7.53. The van der Waals surface area contributed by atoms with Crippen molar-refractivity contribution >= 4 is 63.9 Å². The van der Waals surface area contributed by atoms with E-state index in [9.17, 15) is 27.6 Å². The smallest absolute Gasteiger partial charge is 0.290 e. The first-order valence-electron chi connectivity index (χ1n) is 18.8. The number of hydrogen-bond donors (Lipinski definition) is 1. The average molecular weight is 853 g/mol. The van der Waals surface area contributed by atoms with Gasteiger partial charge in [0.15, 0.2) is 17.3 Å². The van der Waals surface area contributed by atoms with Crippen molar-refractivity contribution in [1.29, 1.82) is 0 Å². The molecule has 6 rings (SSSR count). The van der Waals surface area contributed by atoms with E-state index in [1.54, 1.807) is 36.5 Å². The van der Waals surface area contributed by atoms with Crippen molar-refractivity contribution in [2.24, 2.45) is 0 Å². The van der Waals surface area contributed by atoms with Crippen LogP contribution < -0.4 is 0 Å². The number of ketones is 3. The van der Waals surface area contributed by atoms with Crippen molar-refractivity contribution in [3.8, 4) is 0 Å². The van der Waals surface area contributed by atoms with Crippen molar-refractivity contribution in [3.63, 3.8) is 0 Å². The van der Waals surface area contributed by atoms with Crippen LogP contribution in [0.5, 0.6) is 0 Å². The summed E-state index contributed by atoms with van der Waals surface area (Å²) >= 11 is 0. The van der Waals surface area contributed by atoms with E-state index in [1.165, 1.54) is 0 Å². The highest BCUT2D eigenvalue weighted by Crippen LogP contribution is 2.20. The molecule has 0 fully saturated rings. The van der Waals surface area contributed by atoms with E-state index in [2.05, 4.69) is 0 Å². The van der Waals surface area contributed by atoms with Crippen molar-refractivity contribution in [2.45, 2.75) is 5.51 Å². The molecule has 0 spiro atoms. The Kier molecular flexibility index (Phi) is 21.5. The second-order valence-corrected chi connectivity index (χ2v) is 14.0. The van der Waals surface area contributed by atoms with Crippen LogP contribution in [0.15, 0.2) is 218 Å². The average Bonchev–Trinajstić information content (AvgIpc) is 3.29. The van der Waals surface area contributed by atoms with Gasteiger partial charge in [-0.05, 0) is 69.8 Å². The molecule has 6 aromatic rings. The summed E-state index contributed by atoms with van der Waals surface area (Å²) in [4.78, 5) is 34.8. The Morgan fingerprint density at radius 2 is 0.468 bits per heavy atom. The van der Waals surface area contributed by atoms with Gasteiger partial charge < -0.3 is 0 Å². The Balaban J connectivity index is 0.000000228. The summed E-state index contributed by atoms with van der Waals surface area (Å²) in [7, 11) is -5.84. The topological polar surface area (TPSA) is 106 Å². The lowest BCUT2D eigenvalue weighted by atomic mass is 10.1. The molecule has 0 saturated heterocycles. The minimum absolute atomic E-state index is 0.0114. The molecule has 314 valence electrons. The van der Waals surface area contributed by atoms with Crippen LogP contribution in [0, 0.1) is 0 Å². The molecule has 6 aromatic carbocycles. The number of allylic oxidation sites excluding steroid dienone is 6. The van der Waals surface area contributed by atoms with Gasteiger partial charge in [-0.1, -0.05) is 218 Å². The van der Waals surface area contributed by atoms with Gasteiger partial charge in [0, 0.05) is 0 Å². The van der Waals surface area contributed by atoms with Gasteiger partial charge in [0.05, 0.1) is 0 Å². The highest BCUT2D eigenvalue weighted by Gasteiger charge is 2.44. The lowest BCUT2D eigenvalue weighted by Gasteiger charge is -1.97. The van der Waals surface area contributed by atoms with Gasteiger partial charge in [-0.25, -0.2) is 0 Å². The number of rotatable bonds is 12. The molecule has 0 bridgehead atoms. The first-order valence-corrected chi connectivity index (χ1v) is 20.3. The monoisotopic (exact) mass is 852 g/mol. The minimum atomic E-state index is -5.84. The maximum atomic E-state index is 11.6. The molecule has 0 heterocycles. The predicted molar refractivity (Wildman–Crippen MR) is 245 cm³/mol. The largest absolute Gasteiger partial charge is 0.522 e. The maximum absolute atomic E-state index is 11.6. The van der Waals surface area contributed by atoms with E-state index < -0.39 is 15.6 Å². The van der Waals surface area contributed by atoms with Gasteiger partial charge in [-0.15, -0.1) is 0 Å². The van der Waals surface area contributed by atoms with Gasteiger partial charge in [0.1, 0.15) is 0 Å². The first kappa shape index (κ1) is 48.8. The molecule has 0 radical (unpaired) electrons. The summed E-state index contributed by atoms with van der Waals surface area (Å²) in [5, 5.41) is 0. The Bertz CT molecular complexity index is 2120. The van der Waals surface area contributed by atoms with Gasteiger partial charge in [-0.3, -0.25) is 18.9 Å². The number of carbonyl (C=O) groups excluding carboxylic acids is 3. The molecule has 62 heavy (non-hydrogen) atoms. The highest BCUT2D eigenvalue weighted by molar-refractivity contribution is 7.86. The van der Waals surface area contributed by atoms with Gasteiger partial charge in [0.2, 0.25) is 0 Å². The van der Waals surface area contributed by atoms with E-state index in [0.717, 1.165) is 33.4 Å². The molecular formula is C52H43F3O6S. The predicted octanol–water partition coefficient (Wildman–Crippen LogP) is 12.3. The first-order chi connectivity index (χ1) is 29.8. The van der Waals surface area contributed by atoms with Gasteiger partial charge in [0.25, 0.3) is 0 Å². The van der Waals surface area contributed by atoms with E-state index >= 15 is 0 Å². The summed E-state index contributed by atoms with van der Waals surface area (Å²) in [5.41, 5.74) is 0.626. The molecule has 0 aliphatic heterocycles. The summed E-state index contributed by atoms with van der Waals surface area (Å²) in [6.07, 6.45) is 20.4. The van der Waals surface area contributed by atoms with Gasteiger partial charge in [-0.2, -0.15) is 21.6 Å². The Morgan fingerprint density at radius 1 is 0.339 bits per heavy atom. The van der Waals surface area contributed by atoms with Crippen LogP contribution in [0.3, 0.4) is 0 Å². The minimum Gasteiger partial charge on any atom is -0.290 e. The second-order valence-electron chi connectivity index (χ2n) is 12.6. The van der Waals surface area contributed by atoms with E-state index in [1.807, 2.05) is 218 Å². The number of alkyl halides is 3. The van der Waals surface area contributed by atoms with Crippen molar-refractivity contribution < 1.29 is 40.5 Å². The van der Waals surface area contributed by atoms with E-state index in [4.69, 9.17) is 13.0 Å². The van der Waals surface area contributed by atoms with Crippen LogP contribution >= 0.6 is 0 Å². The molecule has 0 amide bonds. The molecule has 0 atom stereocenters. The molecule has 0 aliphatic carbocycles. The summed E-state index contributed by atoms with van der Waals surface area (Å²) in [6.45, 7) is 0. The van der Waals surface area contributed by atoms with Crippen molar-refractivity contribution in [1.82, 2.24) is 0 Å². The Labute approximate surface area is 360 Å². The van der Waals surface area contributed by atoms with Crippen LogP contribution in [0.2, 0.25) is 0 Å². The quantitative estimate of drug-likeness (QED) is 0.0747. The maximum Gasteiger partial charge on any atom is 0.522 e. The number of benzene rings is 6. The van der Waals surface area contributed by atoms with Crippen molar-refractivity contribution in [3.05, 3.63) is 252 Å². The lowest BCUT2D eigenvalue weighted by Crippen LogP contribution is -2.21. The zero-order valence-electron chi connectivity index (χ0n) is 33.3. The third-order valence-electron chi connectivity index (χ3n) is 7.73. The zero-order chi connectivity index (χ0) is 44.9. The standard InChI is InChI=1S/3C17H14O.CHF3O3S/c3*18-17(13-11-15-7-3-1-4-8-15)14-12-16-9-5-2-6-10-16;2-1(3,4)8(5,6)7/h3*1-14H;(H,5,6,7). The SMILES string of the molecule is O=C(C=Cc1ccccc1)C=Cc1ccccc1.O=C(C=Cc1ccccc1)C=Cc1ccccc1.O=C(C=Cc1ccccc1)C=Cc1ccccc1.O=S(=O)(O)C(F)(F)F. The van der Waals surface area contributed by atoms with Crippen LogP contribution in [-0.4, -0.2) is 35.8 Å². The molecule has 1 N–H and O–H groups in total. The number of halogens is 3. The number of carbonyl (C=O) groups is 3. The summed E-state index contributed by atoms with van der Waals surface area (Å²) in [5.74, 6) is -0.0341. The number of hydrogen-bond acceptors (Lipinski definition) is 5. The highest BCUT2D eigenvalue weighted by atomic mass is 32.2. The molecule has 0 unspecified atom stereocenters. The molecule has 0 aliphatic rings. The van der Waals surface area contributed by atoms with E-state index in [-0.39, 0.29) is 17.3 Å².